The van der Waals surface area contributed by atoms with Crippen LogP contribution in [0.2, 0.25) is 0 Å². The van der Waals surface area contributed by atoms with Crippen molar-refractivity contribution >= 4 is 23.2 Å². The molecule has 26 heavy (non-hydrogen) atoms. The van der Waals surface area contributed by atoms with Crippen molar-refractivity contribution in [2.45, 2.75) is 32.0 Å². The minimum absolute atomic E-state index is 0.0681. The van der Waals surface area contributed by atoms with Crippen molar-refractivity contribution in [1.82, 2.24) is 10.2 Å². The molecule has 1 atom stereocenters. The molecule has 0 radical (unpaired) electrons. The standard InChI is InChI=1S/C18H18F2N2O3S/c19-18(20)25-13-7-5-12(6-8-13)11-21-16(23)14-3-1-9-22(14)17(24)15-4-2-10-26-15/h2,4-8,10,14,18H,1,3,9,11H2,(H,21,23)/t14-/m1/s1. The fourth-order valence-corrected chi connectivity index (χ4v) is 3.60. The molecule has 1 N–H and O–H groups in total. The van der Waals surface area contributed by atoms with Crippen LogP contribution < -0.4 is 10.1 Å². The molecule has 0 aliphatic carbocycles. The summed E-state index contributed by atoms with van der Waals surface area (Å²) < 4.78 is 28.6. The average molecular weight is 380 g/mol. The van der Waals surface area contributed by atoms with Gasteiger partial charge in [-0.2, -0.15) is 8.78 Å². The fraction of sp³-hybridized carbons (Fsp3) is 0.333. The van der Waals surface area contributed by atoms with Gasteiger partial charge in [0.05, 0.1) is 4.88 Å². The van der Waals surface area contributed by atoms with Crippen LogP contribution in [-0.2, 0) is 11.3 Å². The van der Waals surface area contributed by atoms with Gasteiger partial charge in [-0.15, -0.1) is 11.3 Å². The number of ether oxygens (including phenoxy) is 1. The first kappa shape index (κ1) is 18.3. The maximum atomic E-state index is 12.5. The number of hydrogen-bond donors (Lipinski definition) is 1. The highest BCUT2D eigenvalue weighted by atomic mass is 32.1. The summed E-state index contributed by atoms with van der Waals surface area (Å²) >= 11 is 1.36. The Morgan fingerprint density at radius 3 is 2.69 bits per heavy atom. The van der Waals surface area contributed by atoms with Crippen molar-refractivity contribution in [1.29, 1.82) is 0 Å². The van der Waals surface area contributed by atoms with Crippen molar-refractivity contribution in [3.63, 3.8) is 0 Å². The Morgan fingerprint density at radius 1 is 1.27 bits per heavy atom. The summed E-state index contributed by atoms with van der Waals surface area (Å²) in [6.07, 6.45) is 1.42. The summed E-state index contributed by atoms with van der Waals surface area (Å²) in [7, 11) is 0. The van der Waals surface area contributed by atoms with Crippen LogP contribution >= 0.6 is 11.3 Å². The van der Waals surface area contributed by atoms with Gasteiger partial charge < -0.3 is 15.0 Å². The van der Waals surface area contributed by atoms with Gasteiger partial charge in [0.25, 0.3) is 5.91 Å². The Hall–Kier alpha value is -2.48. The van der Waals surface area contributed by atoms with Gasteiger partial charge in [0, 0.05) is 13.1 Å². The number of amides is 2. The summed E-state index contributed by atoms with van der Waals surface area (Å²) in [5, 5.41) is 4.65. The van der Waals surface area contributed by atoms with Crippen LogP contribution in [0.1, 0.15) is 28.1 Å². The third kappa shape index (κ3) is 4.37. The lowest BCUT2D eigenvalue weighted by atomic mass is 10.1. The Labute approximate surface area is 153 Å². The smallest absolute Gasteiger partial charge is 0.387 e. The topological polar surface area (TPSA) is 58.6 Å². The van der Waals surface area contributed by atoms with Crippen LogP contribution in [0.25, 0.3) is 0 Å². The second-order valence-electron chi connectivity index (χ2n) is 5.87. The van der Waals surface area contributed by atoms with Crippen molar-refractivity contribution in [3.05, 3.63) is 52.2 Å². The van der Waals surface area contributed by atoms with E-state index in [-0.39, 0.29) is 24.1 Å². The zero-order chi connectivity index (χ0) is 18.5. The van der Waals surface area contributed by atoms with E-state index in [1.165, 1.54) is 23.5 Å². The molecule has 1 aromatic carbocycles. The van der Waals surface area contributed by atoms with Gasteiger partial charge in [0.2, 0.25) is 5.91 Å². The lowest BCUT2D eigenvalue weighted by molar-refractivity contribution is -0.125. The van der Waals surface area contributed by atoms with E-state index >= 15 is 0 Å². The summed E-state index contributed by atoms with van der Waals surface area (Å²) in [6, 6.07) is 9.16. The molecule has 5 nitrogen and oxygen atoms in total. The summed E-state index contributed by atoms with van der Waals surface area (Å²) in [5.41, 5.74) is 0.758. The number of carbonyl (C=O) groups excluding carboxylic acids is 2. The molecular formula is C18H18F2N2O3S. The van der Waals surface area contributed by atoms with Crippen LogP contribution in [-0.4, -0.2) is 35.9 Å². The van der Waals surface area contributed by atoms with Crippen molar-refractivity contribution in [3.8, 4) is 5.75 Å². The summed E-state index contributed by atoms with van der Waals surface area (Å²) in [5.74, 6) is -0.259. The van der Waals surface area contributed by atoms with Crippen LogP contribution in [0.15, 0.2) is 41.8 Å². The normalized spacial score (nSPS) is 16.7. The van der Waals surface area contributed by atoms with Crippen LogP contribution in [0.4, 0.5) is 8.78 Å². The Balaban J connectivity index is 1.56. The minimum Gasteiger partial charge on any atom is -0.435 e. The maximum Gasteiger partial charge on any atom is 0.387 e. The van der Waals surface area contributed by atoms with Gasteiger partial charge in [-0.25, -0.2) is 0 Å². The van der Waals surface area contributed by atoms with E-state index in [0.29, 0.717) is 17.8 Å². The number of alkyl halides is 2. The number of carbonyl (C=O) groups is 2. The number of halogens is 2. The van der Waals surface area contributed by atoms with Gasteiger partial charge >= 0.3 is 6.61 Å². The predicted octanol–water partition coefficient (Wildman–Crippen LogP) is 3.27. The van der Waals surface area contributed by atoms with E-state index in [0.717, 1.165) is 12.0 Å². The largest absolute Gasteiger partial charge is 0.435 e. The number of rotatable bonds is 6. The third-order valence-corrected chi connectivity index (χ3v) is 5.02. The van der Waals surface area contributed by atoms with Crippen LogP contribution in [0.3, 0.4) is 0 Å². The molecule has 1 aliphatic rings. The molecule has 2 amide bonds. The molecular weight excluding hydrogens is 362 g/mol. The first-order chi connectivity index (χ1) is 12.5. The number of nitrogens with one attached hydrogen (secondary N) is 1. The van der Waals surface area contributed by atoms with E-state index in [1.54, 1.807) is 23.1 Å². The van der Waals surface area contributed by atoms with Gasteiger partial charge in [0.1, 0.15) is 11.8 Å². The number of likely N-dealkylation sites (tertiary alicyclic amines) is 1. The average Bonchev–Trinajstić information content (AvgIpc) is 3.31. The lowest BCUT2D eigenvalue weighted by Crippen LogP contribution is -2.45. The SMILES string of the molecule is O=C(NCc1ccc(OC(F)F)cc1)[C@H]1CCCN1C(=O)c1cccs1. The number of thiophene rings is 1. The molecule has 1 aromatic heterocycles. The predicted molar refractivity (Wildman–Crippen MR) is 93.3 cm³/mol. The zero-order valence-electron chi connectivity index (χ0n) is 13.9. The summed E-state index contributed by atoms with van der Waals surface area (Å²) in [4.78, 5) is 27.2. The van der Waals surface area contributed by atoms with Crippen molar-refractivity contribution in [2.24, 2.45) is 0 Å². The molecule has 8 heteroatoms. The first-order valence-electron chi connectivity index (χ1n) is 8.20. The summed E-state index contributed by atoms with van der Waals surface area (Å²) in [6.45, 7) is -2.05. The zero-order valence-corrected chi connectivity index (χ0v) is 14.7. The number of benzene rings is 1. The van der Waals surface area contributed by atoms with Gasteiger partial charge in [0.15, 0.2) is 0 Å². The van der Waals surface area contributed by atoms with E-state index in [9.17, 15) is 18.4 Å². The Bertz CT molecular complexity index is 750. The molecule has 3 rings (SSSR count). The first-order valence-corrected chi connectivity index (χ1v) is 9.08. The van der Waals surface area contributed by atoms with Gasteiger partial charge in [-0.05, 0) is 42.0 Å². The molecule has 1 saturated heterocycles. The molecule has 1 aliphatic heterocycles. The van der Waals surface area contributed by atoms with E-state index in [4.69, 9.17) is 0 Å². The van der Waals surface area contributed by atoms with E-state index in [2.05, 4.69) is 10.1 Å². The highest BCUT2D eigenvalue weighted by Crippen LogP contribution is 2.22. The molecule has 0 spiro atoms. The molecule has 0 saturated carbocycles. The second-order valence-corrected chi connectivity index (χ2v) is 6.82. The molecule has 2 aromatic rings. The maximum absolute atomic E-state index is 12.5. The van der Waals surface area contributed by atoms with Gasteiger partial charge in [-0.3, -0.25) is 9.59 Å². The molecule has 0 unspecified atom stereocenters. The van der Waals surface area contributed by atoms with Crippen molar-refractivity contribution < 1.29 is 23.1 Å². The monoisotopic (exact) mass is 380 g/mol. The molecule has 1 fully saturated rings. The Kier molecular flexibility index (Phi) is 5.82. The second kappa shape index (κ2) is 8.27. The minimum atomic E-state index is -2.87. The van der Waals surface area contributed by atoms with Crippen LogP contribution in [0, 0.1) is 0 Å². The van der Waals surface area contributed by atoms with Gasteiger partial charge in [-0.1, -0.05) is 18.2 Å². The molecule has 2 heterocycles. The fourth-order valence-electron chi connectivity index (χ4n) is 2.92. The van der Waals surface area contributed by atoms with Crippen molar-refractivity contribution in [2.75, 3.05) is 6.54 Å². The highest BCUT2D eigenvalue weighted by Gasteiger charge is 2.34. The van der Waals surface area contributed by atoms with E-state index in [1.807, 2.05) is 11.4 Å². The third-order valence-electron chi connectivity index (χ3n) is 4.16. The van der Waals surface area contributed by atoms with Crippen LogP contribution in [0.5, 0.6) is 5.75 Å². The highest BCUT2D eigenvalue weighted by molar-refractivity contribution is 7.12. The lowest BCUT2D eigenvalue weighted by Gasteiger charge is -2.23. The number of nitrogens with zero attached hydrogens (tertiary/aromatic N) is 1. The molecule has 138 valence electrons. The Morgan fingerprint density at radius 2 is 2.04 bits per heavy atom. The number of hydrogen-bond acceptors (Lipinski definition) is 4. The quantitative estimate of drug-likeness (QED) is 0.837. The van der Waals surface area contributed by atoms with E-state index < -0.39 is 12.7 Å². The molecule has 0 bridgehead atoms.